The van der Waals surface area contributed by atoms with E-state index in [-0.39, 0.29) is 18.3 Å². The monoisotopic (exact) mass is 248 g/mol. The number of carbonyl (C=O) groups excluding carboxylic acids is 1. The molecule has 0 saturated heterocycles. The van der Waals surface area contributed by atoms with Gasteiger partial charge in [0, 0.05) is 18.0 Å². The van der Waals surface area contributed by atoms with Crippen LogP contribution in [-0.2, 0) is 0 Å². The molecule has 3 nitrogen and oxygen atoms in total. The number of halogens is 1. The maximum atomic E-state index is 11.5. The van der Waals surface area contributed by atoms with Gasteiger partial charge in [-0.05, 0) is 25.6 Å². The highest BCUT2D eigenvalue weighted by molar-refractivity contribution is 7.13. The fraction of sp³-hybridized carbons (Fsp3) is 0.500. The summed E-state index contributed by atoms with van der Waals surface area (Å²) in [6.07, 6.45) is 0. The van der Waals surface area contributed by atoms with Crippen LogP contribution in [0, 0.1) is 6.92 Å². The van der Waals surface area contributed by atoms with Gasteiger partial charge in [-0.1, -0.05) is 6.92 Å². The van der Waals surface area contributed by atoms with Gasteiger partial charge in [0.25, 0.3) is 5.91 Å². The van der Waals surface area contributed by atoms with Gasteiger partial charge in [0.15, 0.2) is 0 Å². The van der Waals surface area contributed by atoms with E-state index in [4.69, 9.17) is 0 Å². The molecule has 0 aliphatic heterocycles. The topological polar surface area (TPSA) is 41.1 Å². The molecule has 0 bridgehead atoms. The van der Waals surface area contributed by atoms with E-state index < -0.39 is 0 Å². The number of nitrogens with one attached hydrogen (secondary N) is 2. The Labute approximate surface area is 101 Å². The summed E-state index contributed by atoms with van der Waals surface area (Å²) >= 11 is 1.53. The van der Waals surface area contributed by atoms with Crippen molar-refractivity contribution in [3.8, 4) is 0 Å². The molecule has 1 rings (SSSR count). The lowest BCUT2D eigenvalue weighted by Gasteiger charge is -2.03. The highest BCUT2D eigenvalue weighted by atomic mass is 35.5. The molecule has 0 radical (unpaired) electrons. The minimum absolute atomic E-state index is 0. The molecule has 0 saturated carbocycles. The quantitative estimate of drug-likeness (QED) is 0.781. The molecule has 0 atom stereocenters. The first-order valence-electron chi connectivity index (χ1n) is 4.79. The Hall–Kier alpha value is -0.580. The van der Waals surface area contributed by atoms with Crippen molar-refractivity contribution in [2.75, 3.05) is 19.6 Å². The van der Waals surface area contributed by atoms with Crippen LogP contribution in [0.4, 0.5) is 0 Å². The highest BCUT2D eigenvalue weighted by Crippen LogP contribution is 2.14. The van der Waals surface area contributed by atoms with Crippen LogP contribution in [0.25, 0.3) is 0 Å². The van der Waals surface area contributed by atoms with Gasteiger partial charge in [0.2, 0.25) is 0 Å². The summed E-state index contributed by atoms with van der Waals surface area (Å²) < 4.78 is 0. The second-order valence-corrected chi connectivity index (χ2v) is 4.31. The summed E-state index contributed by atoms with van der Waals surface area (Å²) in [4.78, 5) is 13.5. The van der Waals surface area contributed by atoms with Crippen molar-refractivity contribution < 1.29 is 4.79 Å². The predicted octanol–water partition coefficient (Wildman–Crippen LogP) is 1.82. The third-order valence-corrected chi connectivity index (χ3v) is 2.80. The number of thiophene rings is 1. The summed E-state index contributed by atoms with van der Waals surface area (Å²) in [7, 11) is 0. The van der Waals surface area contributed by atoms with E-state index in [1.807, 2.05) is 26.0 Å². The summed E-state index contributed by atoms with van der Waals surface area (Å²) in [5.41, 5.74) is 0. The average Bonchev–Trinajstić information content (AvgIpc) is 2.59. The lowest BCUT2D eigenvalue weighted by atomic mass is 10.4. The first kappa shape index (κ1) is 14.4. The highest BCUT2D eigenvalue weighted by Gasteiger charge is 2.05. The second kappa shape index (κ2) is 7.68. The molecule has 15 heavy (non-hydrogen) atoms. The van der Waals surface area contributed by atoms with Gasteiger partial charge < -0.3 is 10.6 Å². The van der Waals surface area contributed by atoms with E-state index in [1.54, 1.807) is 0 Å². The molecular weight excluding hydrogens is 232 g/mol. The van der Waals surface area contributed by atoms with E-state index >= 15 is 0 Å². The van der Waals surface area contributed by atoms with E-state index in [1.165, 1.54) is 16.2 Å². The molecule has 1 aromatic rings. The zero-order valence-electron chi connectivity index (χ0n) is 9.00. The van der Waals surface area contributed by atoms with Crippen molar-refractivity contribution in [1.82, 2.24) is 10.6 Å². The summed E-state index contributed by atoms with van der Waals surface area (Å²) in [6.45, 7) is 6.49. The van der Waals surface area contributed by atoms with Gasteiger partial charge in [0.05, 0.1) is 4.88 Å². The molecule has 1 aromatic heterocycles. The summed E-state index contributed by atoms with van der Waals surface area (Å²) in [6, 6.07) is 3.83. The van der Waals surface area contributed by atoms with Crippen molar-refractivity contribution in [2.45, 2.75) is 13.8 Å². The number of hydrogen-bond donors (Lipinski definition) is 2. The molecule has 0 spiro atoms. The van der Waals surface area contributed by atoms with Crippen LogP contribution in [0.5, 0.6) is 0 Å². The third-order valence-electron chi connectivity index (χ3n) is 1.80. The Morgan fingerprint density at radius 3 is 2.67 bits per heavy atom. The Morgan fingerprint density at radius 2 is 2.13 bits per heavy atom. The lowest BCUT2D eigenvalue weighted by molar-refractivity contribution is 0.0958. The fourth-order valence-corrected chi connectivity index (χ4v) is 1.87. The van der Waals surface area contributed by atoms with Gasteiger partial charge in [-0.15, -0.1) is 23.7 Å². The second-order valence-electron chi connectivity index (χ2n) is 3.02. The molecule has 0 fully saturated rings. The molecule has 2 N–H and O–H groups in total. The van der Waals surface area contributed by atoms with E-state index in [2.05, 4.69) is 10.6 Å². The van der Waals surface area contributed by atoms with Gasteiger partial charge >= 0.3 is 0 Å². The van der Waals surface area contributed by atoms with Crippen LogP contribution < -0.4 is 10.6 Å². The molecule has 0 aromatic carbocycles. The number of amides is 1. The van der Waals surface area contributed by atoms with Crippen molar-refractivity contribution >= 4 is 29.7 Å². The largest absolute Gasteiger partial charge is 0.350 e. The van der Waals surface area contributed by atoms with Crippen LogP contribution in [-0.4, -0.2) is 25.5 Å². The normalized spacial score (nSPS) is 9.47. The first-order valence-corrected chi connectivity index (χ1v) is 5.61. The summed E-state index contributed by atoms with van der Waals surface area (Å²) in [5, 5.41) is 6.01. The molecular formula is C10H17ClN2OS. The lowest BCUT2D eigenvalue weighted by Crippen LogP contribution is -2.31. The van der Waals surface area contributed by atoms with Crippen LogP contribution in [0.3, 0.4) is 0 Å². The number of aryl methyl sites for hydroxylation is 1. The SMILES string of the molecule is CCNCCNC(=O)c1ccc(C)s1.Cl. The fourth-order valence-electron chi connectivity index (χ4n) is 1.08. The average molecular weight is 249 g/mol. The molecule has 1 amide bonds. The molecule has 0 unspecified atom stereocenters. The minimum Gasteiger partial charge on any atom is -0.350 e. The Kier molecular flexibility index (Phi) is 7.38. The van der Waals surface area contributed by atoms with Crippen LogP contribution in [0.1, 0.15) is 21.5 Å². The smallest absolute Gasteiger partial charge is 0.261 e. The van der Waals surface area contributed by atoms with Crippen molar-refractivity contribution in [3.63, 3.8) is 0 Å². The van der Waals surface area contributed by atoms with Gasteiger partial charge in [-0.3, -0.25) is 4.79 Å². The van der Waals surface area contributed by atoms with Gasteiger partial charge in [-0.25, -0.2) is 0 Å². The van der Waals surface area contributed by atoms with E-state index in [0.717, 1.165) is 18.0 Å². The maximum Gasteiger partial charge on any atom is 0.261 e. The Balaban J connectivity index is 0.00000196. The van der Waals surface area contributed by atoms with Gasteiger partial charge in [-0.2, -0.15) is 0 Å². The number of rotatable bonds is 5. The number of likely N-dealkylation sites (N-methyl/N-ethyl adjacent to an activating group) is 1. The van der Waals surface area contributed by atoms with E-state index in [9.17, 15) is 4.79 Å². The standard InChI is InChI=1S/C10H16N2OS.ClH/c1-3-11-6-7-12-10(13)9-5-4-8(2)14-9;/h4-5,11H,3,6-7H2,1-2H3,(H,12,13);1H. The number of hydrogen-bond acceptors (Lipinski definition) is 3. The van der Waals surface area contributed by atoms with Crippen molar-refractivity contribution in [1.29, 1.82) is 0 Å². The predicted molar refractivity (Wildman–Crippen MR) is 67.2 cm³/mol. The molecule has 0 aliphatic carbocycles. The first-order chi connectivity index (χ1) is 6.74. The zero-order chi connectivity index (χ0) is 10.4. The molecule has 5 heteroatoms. The number of carbonyl (C=O) groups is 1. The minimum atomic E-state index is 0. The Morgan fingerprint density at radius 1 is 1.40 bits per heavy atom. The van der Waals surface area contributed by atoms with Crippen LogP contribution >= 0.6 is 23.7 Å². The maximum absolute atomic E-state index is 11.5. The van der Waals surface area contributed by atoms with Crippen LogP contribution in [0.15, 0.2) is 12.1 Å². The molecule has 1 heterocycles. The van der Waals surface area contributed by atoms with Crippen molar-refractivity contribution in [3.05, 3.63) is 21.9 Å². The van der Waals surface area contributed by atoms with Crippen LogP contribution in [0.2, 0.25) is 0 Å². The Bertz CT molecular complexity index is 301. The zero-order valence-corrected chi connectivity index (χ0v) is 10.6. The van der Waals surface area contributed by atoms with Crippen molar-refractivity contribution in [2.24, 2.45) is 0 Å². The van der Waals surface area contributed by atoms with E-state index in [0.29, 0.717) is 6.54 Å². The molecule has 0 aliphatic rings. The molecule has 86 valence electrons. The summed E-state index contributed by atoms with van der Waals surface area (Å²) in [5.74, 6) is 0.0287. The third kappa shape index (κ3) is 5.16. The van der Waals surface area contributed by atoms with Gasteiger partial charge in [0.1, 0.15) is 0 Å².